The number of hydrogen-bond acceptors (Lipinski definition) is 5. The Labute approximate surface area is 163 Å². The van der Waals surface area contributed by atoms with Crippen LogP contribution in [0, 0.1) is 0 Å². The van der Waals surface area contributed by atoms with Crippen LogP contribution in [-0.4, -0.2) is 54.6 Å². The van der Waals surface area contributed by atoms with Gasteiger partial charge in [0.2, 0.25) is 0 Å². The standard InChI is InChI=1S/C22H33N5/c1-4-19-13-8-9-16-27(19)21-17-20(23-14-10-15-26(2)3)24-22(25-21)18-11-6-5-7-12-18/h5-7,11-12,17,19H,4,8-10,13-16H2,1-3H3,(H,23,24,25). The lowest BCUT2D eigenvalue weighted by atomic mass is 10.00. The molecule has 1 saturated heterocycles. The molecule has 1 aromatic carbocycles. The number of aromatic nitrogens is 2. The number of anilines is 2. The van der Waals surface area contributed by atoms with E-state index in [0.717, 1.165) is 55.5 Å². The van der Waals surface area contributed by atoms with Gasteiger partial charge in [-0.25, -0.2) is 9.97 Å². The van der Waals surface area contributed by atoms with Crippen molar-refractivity contribution in [2.24, 2.45) is 0 Å². The molecule has 0 aliphatic carbocycles. The SMILES string of the molecule is CCC1CCCCN1c1cc(NCCCN(C)C)nc(-c2ccccc2)n1. The van der Waals surface area contributed by atoms with Gasteiger partial charge >= 0.3 is 0 Å². The lowest BCUT2D eigenvalue weighted by Gasteiger charge is -2.36. The van der Waals surface area contributed by atoms with Crippen molar-refractivity contribution < 1.29 is 0 Å². The van der Waals surface area contributed by atoms with Crippen LogP contribution in [0.15, 0.2) is 36.4 Å². The molecule has 27 heavy (non-hydrogen) atoms. The normalized spacial score (nSPS) is 17.3. The quantitative estimate of drug-likeness (QED) is 0.706. The van der Waals surface area contributed by atoms with Crippen molar-refractivity contribution in [2.75, 3.05) is 43.9 Å². The maximum absolute atomic E-state index is 4.95. The molecule has 2 aromatic rings. The van der Waals surface area contributed by atoms with Crippen LogP contribution in [0.25, 0.3) is 11.4 Å². The van der Waals surface area contributed by atoms with Gasteiger partial charge in [0.25, 0.3) is 0 Å². The van der Waals surface area contributed by atoms with Crippen molar-refractivity contribution in [2.45, 2.75) is 45.1 Å². The Morgan fingerprint density at radius 1 is 1.15 bits per heavy atom. The fraction of sp³-hybridized carbons (Fsp3) is 0.545. The molecule has 1 aliphatic rings. The van der Waals surface area contributed by atoms with Gasteiger partial charge in [0.1, 0.15) is 11.6 Å². The number of rotatable bonds is 8. The molecule has 1 fully saturated rings. The molecule has 1 N–H and O–H groups in total. The van der Waals surface area contributed by atoms with Crippen LogP contribution in [0.4, 0.5) is 11.6 Å². The molecular weight excluding hydrogens is 334 g/mol. The molecule has 0 radical (unpaired) electrons. The molecule has 0 amide bonds. The van der Waals surface area contributed by atoms with E-state index >= 15 is 0 Å². The monoisotopic (exact) mass is 367 g/mol. The van der Waals surface area contributed by atoms with E-state index < -0.39 is 0 Å². The molecule has 1 unspecified atom stereocenters. The van der Waals surface area contributed by atoms with Gasteiger partial charge in [-0.05, 0) is 52.7 Å². The second-order valence-electron chi connectivity index (χ2n) is 7.64. The first kappa shape index (κ1) is 19.6. The van der Waals surface area contributed by atoms with E-state index in [-0.39, 0.29) is 0 Å². The summed E-state index contributed by atoms with van der Waals surface area (Å²) in [6, 6.07) is 13.0. The first-order valence-electron chi connectivity index (χ1n) is 10.3. The fourth-order valence-electron chi connectivity index (χ4n) is 3.73. The van der Waals surface area contributed by atoms with Crippen molar-refractivity contribution in [3.05, 3.63) is 36.4 Å². The zero-order chi connectivity index (χ0) is 19.1. The molecule has 146 valence electrons. The van der Waals surface area contributed by atoms with Crippen LogP contribution in [0.2, 0.25) is 0 Å². The summed E-state index contributed by atoms with van der Waals surface area (Å²) in [7, 11) is 4.22. The van der Waals surface area contributed by atoms with Gasteiger partial charge in [-0.15, -0.1) is 0 Å². The average molecular weight is 368 g/mol. The van der Waals surface area contributed by atoms with E-state index in [4.69, 9.17) is 9.97 Å². The Kier molecular flexibility index (Phi) is 7.04. The van der Waals surface area contributed by atoms with Crippen LogP contribution >= 0.6 is 0 Å². The van der Waals surface area contributed by atoms with Crippen LogP contribution in [0.3, 0.4) is 0 Å². The largest absolute Gasteiger partial charge is 0.370 e. The van der Waals surface area contributed by atoms with E-state index in [0.29, 0.717) is 6.04 Å². The highest BCUT2D eigenvalue weighted by atomic mass is 15.2. The smallest absolute Gasteiger partial charge is 0.163 e. The molecule has 0 bridgehead atoms. The van der Waals surface area contributed by atoms with Gasteiger partial charge in [-0.2, -0.15) is 0 Å². The summed E-state index contributed by atoms with van der Waals surface area (Å²) in [5, 5.41) is 3.52. The second-order valence-corrected chi connectivity index (χ2v) is 7.64. The summed E-state index contributed by atoms with van der Waals surface area (Å²) in [5.74, 6) is 2.80. The summed E-state index contributed by atoms with van der Waals surface area (Å²) in [6.07, 6.45) is 6.07. The lowest BCUT2D eigenvalue weighted by Crippen LogP contribution is -2.39. The number of nitrogens with one attached hydrogen (secondary N) is 1. The van der Waals surface area contributed by atoms with Gasteiger partial charge in [0.05, 0.1) is 0 Å². The molecular formula is C22H33N5. The number of benzene rings is 1. The van der Waals surface area contributed by atoms with Crippen molar-refractivity contribution in [3.8, 4) is 11.4 Å². The summed E-state index contributed by atoms with van der Waals surface area (Å²) in [5.41, 5.74) is 1.07. The number of hydrogen-bond donors (Lipinski definition) is 1. The van der Waals surface area contributed by atoms with Gasteiger partial charge in [-0.1, -0.05) is 37.3 Å². The highest BCUT2D eigenvalue weighted by Crippen LogP contribution is 2.28. The third-order valence-electron chi connectivity index (χ3n) is 5.23. The molecule has 2 heterocycles. The maximum atomic E-state index is 4.95. The fourth-order valence-corrected chi connectivity index (χ4v) is 3.73. The summed E-state index contributed by atoms with van der Waals surface area (Å²) in [6.45, 7) is 5.35. The second kappa shape index (κ2) is 9.70. The van der Waals surface area contributed by atoms with Crippen LogP contribution in [-0.2, 0) is 0 Å². The third kappa shape index (κ3) is 5.42. The molecule has 1 atom stereocenters. The molecule has 0 saturated carbocycles. The van der Waals surface area contributed by atoms with Crippen molar-refractivity contribution in [1.82, 2.24) is 14.9 Å². The van der Waals surface area contributed by atoms with E-state index in [1.165, 1.54) is 19.3 Å². The minimum Gasteiger partial charge on any atom is -0.370 e. The predicted octanol–water partition coefficient (Wildman–Crippen LogP) is 4.28. The maximum Gasteiger partial charge on any atom is 0.163 e. The summed E-state index contributed by atoms with van der Waals surface area (Å²) in [4.78, 5) is 14.5. The molecule has 3 rings (SSSR count). The molecule has 1 aliphatic heterocycles. The van der Waals surface area contributed by atoms with Gasteiger partial charge < -0.3 is 15.1 Å². The van der Waals surface area contributed by atoms with Crippen molar-refractivity contribution in [1.29, 1.82) is 0 Å². The van der Waals surface area contributed by atoms with Crippen LogP contribution in [0.1, 0.15) is 39.0 Å². The van der Waals surface area contributed by atoms with Crippen LogP contribution in [0.5, 0.6) is 0 Å². The minimum absolute atomic E-state index is 0.582. The average Bonchev–Trinajstić information content (AvgIpc) is 2.71. The third-order valence-corrected chi connectivity index (χ3v) is 5.23. The Morgan fingerprint density at radius 2 is 1.96 bits per heavy atom. The Balaban J connectivity index is 1.86. The van der Waals surface area contributed by atoms with E-state index in [1.807, 2.05) is 18.2 Å². The van der Waals surface area contributed by atoms with E-state index in [1.54, 1.807) is 0 Å². The Bertz CT molecular complexity index is 701. The molecule has 5 heteroatoms. The van der Waals surface area contributed by atoms with Gasteiger partial charge in [0, 0.05) is 30.8 Å². The summed E-state index contributed by atoms with van der Waals surface area (Å²) >= 11 is 0. The van der Waals surface area contributed by atoms with E-state index in [2.05, 4.69) is 54.3 Å². The highest BCUT2D eigenvalue weighted by Gasteiger charge is 2.23. The van der Waals surface area contributed by atoms with Gasteiger partial charge in [-0.3, -0.25) is 0 Å². The Hall–Kier alpha value is -2.14. The number of nitrogens with zero attached hydrogens (tertiary/aromatic N) is 4. The predicted molar refractivity (Wildman–Crippen MR) is 114 cm³/mol. The molecule has 1 aromatic heterocycles. The molecule has 0 spiro atoms. The summed E-state index contributed by atoms with van der Waals surface area (Å²) < 4.78 is 0. The van der Waals surface area contributed by atoms with E-state index in [9.17, 15) is 0 Å². The highest BCUT2D eigenvalue weighted by molar-refractivity contribution is 5.62. The zero-order valence-electron chi connectivity index (χ0n) is 17.0. The van der Waals surface area contributed by atoms with Crippen molar-refractivity contribution in [3.63, 3.8) is 0 Å². The molecule has 5 nitrogen and oxygen atoms in total. The Morgan fingerprint density at radius 3 is 2.70 bits per heavy atom. The topological polar surface area (TPSA) is 44.3 Å². The first-order chi connectivity index (χ1) is 13.2. The first-order valence-corrected chi connectivity index (χ1v) is 10.3. The van der Waals surface area contributed by atoms with Gasteiger partial charge in [0.15, 0.2) is 5.82 Å². The minimum atomic E-state index is 0.582. The zero-order valence-corrected chi connectivity index (χ0v) is 17.0. The van der Waals surface area contributed by atoms with Crippen LogP contribution < -0.4 is 10.2 Å². The van der Waals surface area contributed by atoms with Crippen molar-refractivity contribution >= 4 is 11.6 Å². The number of piperidine rings is 1. The lowest BCUT2D eigenvalue weighted by molar-refractivity contribution is 0.405.